The predicted octanol–water partition coefficient (Wildman–Crippen LogP) is 4.24. The summed E-state index contributed by atoms with van der Waals surface area (Å²) in [6.45, 7) is 1.61. The van der Waals surface area contributed by atoms with Crippen LogP contribution in [-0.4, -0.2) is 24.7 Å². The number of halogens is 3. The fourth-order valence-electron chi connectivity index (χ4n) is 2.99. The second-order valence-electron chi connectivity index (χ2n) is 6.27. The number of fused-ring (bicyclic) bond motifs is 1. The number of methoxy groups -OCH3 is 1. The molecule has 1 atom stereocenters. The molecule has 29 heavy (non-hydrogen) atoms. The SMILES string of the molecule is CCOC(=O)c1c[nH]c2c(F)c(CC(F)c3ccc(OC)cc3)c(F)cc2c1=O. The quantitative estimate of drug-likeness (QED) is 0.623. The van der Waals surface area contributed by atoms with Crippen molar-refractivity contribution in [3.63, 3.8) is 0 Å². The van der Waals surface area contributed by atoms with Crippen LogP contribution in [0.3, 0.4) is 0 Å². The van der Waals surface area contributed by atoms with Gasteiger partial charge in [-0.25, -0.2) is 18.0 Å². The molecule has 1 unspecified atom stereocenters. The third-order valence-corrected chi connectivity index (χ3v) is 4.52. The highest BCUT2D eigenvalue weighted by Crippen LogP contribution is 2.29. The van der Waals surface area contributed by atoms with Crippen LogP contribution in [0.1, 0.15) is 34.6 Å². The molecule has 1 aromatic heterocycles. The van der Waals surface area contributed by atoms with Gasteiger partial charge in [0.2, 0.25) is 5.43 Å². The molecular weight excluding hydrogens is 387 g/mol. The van der Waals surface area contributed by atoms with E-state index in [2.05, 4.69) is 4.98 Å². The minimum atomic E-state index is -1.67. The van der Waals surface area contributed by atoms with Crippen LogP contribution in [0.2, 0.25) is 0 Å². The molecule has 0 saturated heterocycles. The van der Waals surface area contributed by atoms with Gasteiger partial charge in [0.15, 0.2) is 5.82 Å². The van der Waals surface area contributed by atoms with E-state index < -0.39 is 41.2 Å². The summed E-state index contributed by atoms with van der Waals surface area (Å²) in [5.74, 6) is -2.52. The summed E-state index contributed by atoms with van der Waals surface area (Å²) < 4.78 is 53.8. The van der Waals surface area contributed by atoms with E-state index in [-0.39, 0.29) is 28.6 Å². The zero-order valence-corrected chi connectivity index (χ0v) is 15.7. The lowest BCUT2D eigenvalue weighted by Crippen LogP contribution is -2.19. The van der Waals surface area contributed by atoms with Crippen molar-refractivity contribution in [1.82, 2.24) is 4.98 Å². The van der Waals surface area contributed by atoms with E-state index in [1.54, 1.807) is 19.1 Å². The van der Waals surface area contributed by atoms with E-state index in [1.807, 2.05) is 0 Å². The van der Waals surface area contributed by atoms with Crippen molar-refractivity contribution in [2.75, 3.05) is 13.7 Å². The maximum atomic E-state index is 14.9. The molecule has 0 bridgehead atoms. The first-order valence-electron chi connectivity index (χ1n) is 8.84. The van der Waals surface area contributed by atoms with Crippen molar-refractivity contribution in [2.24, 2.45) is 0 Å². The highest BCUT2D eigenvalue weighted by Gasteiger charge is 2.23. The van der Waals surface area contributed by atoms with E-state index in [1.165, 1.54) is 19.2 Å². The maximum Gasteiger partial charge on any atom is 0.343 e. The van der Waals surface area contributed by atoms with Crippen molar-refractivity contribution in [3.8, 4) is 5.75 Å². The first-order chi connectivity index (χ1) is 13.9. The fraction of sp³-hybridized carbons (Fsp3) is 0.238. The van der Waals surface area contributed by atoms with Crippen molar-refractivity contribution < 1.29 is 27.4 Å². The molecule has 1 heterocycles. The van der Waals surface area contributed by atoms with Gasteiger partial charge in [0.05, 0.1) is 24.6 Å². The second-order valence-corrected chi connectivity index (χ2v) is 6.27. The smallest absolute Gasteiger partial charge is 0.343 e. The van der Waals surface area contributed by atoms with E-state index in [4.69, 9.17) is 9.47 Å². The highest BCUT2D eigenvalue weighted by molar-refractivity contribution is 5.93. The molecular formula is C21H18F3NO4. The molecule has 0 radical (unpaired) electrons. The Balaban J connectivity index is 2.00. The normalized spacial score (nSPS) is 12.0. The Morgan fingerprint density at radius 2 is 1.90 bits per heavy atom. The maximum absolute atomic E-state index is 14.9. The van der Waals surface area contributed by atoms with Crippen molar-refractivity contribution >= 4 is 16.9 Å². The number of aromatic nitrogens is 1. The molecule has 1 N–H and O–H groups in total. The minimum absolute atomic E-state index is 0.0429. The lowest BCUT2D eigenvalue weighted by Gasteiger charge is -2.13. The number of hydrogen-bond acceptors (Lipinski definition) is 4. The number of aromatic amines is 1. The highest BCUT2D eigenvalue weighted by atomic mass is 19.1. The molecule has 8 heteroatoms. The summed E-state index contributed by atoms with van der Waals surface area (Å²) in [6.07, 6.45) is -1.24. The first kappa shape index (κ1) is 20.4. The largest absolute Gasteiger partial charge is 0.497 e. The summed E-state index contributed by atoms with van der Waals surface area (Å²) in [7, 11) is 1.47. The molecule has 0 aliphatic carbocycles. The van der Waals surface area contributed by atoms with Crippen LogP contribution in [0.15, 0.2) is 41.3 Å². The van der Waals surface area contributed by atoms with Crippen LogP contribution in [0.5, 0.6) is 5.75 Å². The lowest BCUT2D eigenvalue weighted by molar-refractivity contribution is 0.0524. The van der Waals surface area contributed by atoms with Crippen molar-refractivity contribution in [1.29, 1.82) is 0 Å². The molecule has 152 valence electrons. The third-order valence-electron chi connectivity index (χ3n) is 4.52. The van der Waals surface area contributed by atoms with Gasteiger partial charge in [0.25, 0.3) is 0 Å². The third kappa shape index (κ3) is 3.96. The lowest BCUT2D eigenvalue weighted by atomic mass is 9.99. The Morgan fingerprint density at radius 3 is 2.52 bits per heavy atom. The summed E-state index contributed by atoms with van der Waals surface area (Å²) in [5, 5.41) is -0.353. The van der Waals surface area contributed by atoms with Crippen LogP contribution in [0.25, 0.3) is 10.9 Å². The first-order valence-corrected chi connectivity index (χ1v) is 8.84. The molecule has 3 rings (SSSR count). The van der Waals surface area contributed by atoms with Crippen LogP contribution in [0, 0.1) is 11.6 Å². The van der Waals surface area contributed by atoms with Gasteiger partial charge in [0, 0.05) is 18.2 Å². The molecule has 0 aliphatic heterocycles. The predicted molar refractivity (Wildman–Crippen MR) is 101 cm³/mol. The monoisotopic (exact) mass is 405 g/mol. The number of ether oxygens (including phenoxy) is 2. The number of rotatable bonds is 6. The average molecular weight is 405 g/mol. The Kier molecular flexibility index (Phi) is 5.91. The van der Waals surface area contributed by atoms with Crippen molar-refractivity contribution in [3.05, 3.63) is 75.1 Å². The zero-order valence-electron chi connectivity index (χ0n) is 15.7. The molecule has 3 aromatic rings. The number of esters is 1. The van der Waals surface area contributed by atoms with Gasteiger partial charge in [0.1, 0.15) is 23.3 Å². The molecule has 0 fully saturated rings. The topological polar surface area (TPSA) is 68.4 Å². The number of carbonyl (C=O) groups excluding carboxylic acids is 1. The van der Waals surface area contributed by atoms with Crippen LogP contribution in [0.4, 0.5) is 13.2 Å². The Hall–Kier alpha value is -3.29. The van der Waals surface area contributed by atoms with Crippen LogP contribution >= 0.6 is 0 Å². The van der Waals surface area contributed by atoms with Gasteiger partial charge in [-0.05, 0) is 30.7 Å². The van der Waals surface area contributed by atoms with Gasteiger partial charge >= 0.3 is 5.97 Å². The van der Waals surface area contributed by atoms with E-state index >= 15 is 0 Å². The summed E-state index contributed by atoms with van der Waals surface area (Å²) in [5.41, 5.74) is -1.81. The molecule has 5 nitrogen and oxygen atoms in total. The molecule has 0 amide bonds. The average Bonchev–Trinajstić information content (AvgIpc) is 2.72. The standard InChI is InChI=1S/C21H18F3NO4/c1-3-29-21(27)15-10-25-19-14(20(15)26)9-17(23)13(18(19)24)8-16(22)11-4-6-12(28-2)7-5-11/h4-7,9-10,16H,3,8H2,1-2H3,(H,25,26). The van der Waals surface area contributed by atoms with Crippen molar-refractivity contribution in [2.45, 2.75) is 19.5 Å². The number of alkyl halides is 1. The van der Waals surface area contributed by atoms with Crippen LogP contribution in [-0.2, 0) is 11.2 Å². The zero-order chi connectivity index (χ0) is 21.1. The van der Waals surface area contributed by atoms with E-state index in [0.717, 1.165) is 12.3 Å². The number of carbonyl (C=O) groups is 1. The Bertz CT molecular complexity index is 1110. The Labute approximate surface area is 164 Å². The second kappa shape index (κ2) is 8.38. The molecule has 0 aliphatic rings. The number of nitrogens with one attached hydrogen (secondary N) is 1. The number of H-pyrrole nitrogens is 1. The van der Waals surface area contributed by atoms with E-state index in [9.17, 15) is 22.8 Å². The molecule has 2 aromatic carbocycles. The van der Waals surface area contributed by atoms with Gasteiger partial charge in [-0.2, -0.15) is 0 Å². The van der Waals surface area contributed by atoms with Gasteiger partial charge in [-0.3, -0.25) is 4.79 Å². The number of hydrogen-bond donors (Lipinski definition) is 1. The fourth-order valence-corrected chi connectivity index (χ4v) is 2.99. The Morgan fingerprint density at radius 1 is 1.21 bits per heavy atom. The molecule has 0 spiro atoms. The van der Waals surface area contributed by atoms with Gasteiger partial charge in [-0.1, -0.05) is 12.1 Å². The minimum Gasteiger partial charge on any atom is -0.497 e. The number of benzene rings is 2. The van der Waals surface area contributed by atoms with Gasteiger partial charge in [-0.15, -0.1) is 0 Å². The summed E-state index contributed by atoms with van der Waals surface area (Å²) >= 11 is 0. The summed E-state index contributed by atoms with van der Waals surface area (Å²) in [4.78, 5) is 26.7. The summed E-state index contributed by atoms with van der Waals surface area (Å²) in [6, 6.07) is 6.82. The van der Waals surface area contributed by atoms with Gasteiger partial charge < -0.3 is 14.5 Å². The number of pyridine rings is 1. The van der Waals surface area contributed by atoms with Crippen LogP contribution < -0.4 is 10.2 Å². The van der Waals surface area contributed by atoms with E-state index in [0.29, 0.717) is 5.75 Å². The molecule has 0 saturated carbocycles.